The first-order chi connectivity index (χ1) is 8.72. The van der Waals surface area contributed by atoms with Crippen LogP contribution in [0.25, 0.3) is 0 Å². The lowest BCUT2D eigenvalue weighted by molar-refractivity contribution is 0.408. The summed E-state index contributed by atoms with van der Waals surface area (Å²) in [5.41, 5.74) is 6.76. The minimum absolute atomic E-state index is 0.319. The van der Waals surface area contributed by atoms with Gasteiger partial charge in [-0.2, -0.15) is 0 Å². The van der Waals surface area contributed by atoms with Gasteiger partial charge in [-0.05, 0) is 18.1 Å². The van der Waals surface area contributed by atoms with E-state index in [0.29, 0.717) is 10.8 Å². The molecule has 2 aromatic rings. The molecule has 0 atom stereocenters. The van der Waals surface area contributed by atoms with Crippen LogP contribution in [0.15, 0.2) is 36.7 Å². The van der Waals surface area contributed by atoms with Crippen LogP contribution in [0.4, 0.5) is 0 Å². The minimum atomic E-state index is 0.319. The molecule has 0 bridgehead atoms. The number of imidazole rings is 1. The molecule has 0 spiro atoms. The van der Waals surface area contributed by atoms with Gasteiger partial charge in [-0.1, -0.05) is 30.4 Å². The van der Waals surface area contributed by atoms with Crippen LogP contribution in [0.5, 0.6) is 5.75 Å². The molecule has 94 valence electrons. The van der Waals surface area contributed by atoms with Crippen molar-refractivity contribution in [2.75, 3.05) is 7.11 Å². The van der Waals surface area contributed by atoms with E-state index in [1.165, 1.54) is 0 Å². The maximum atomic E-state index is 5.61. The Morgan fingerprint density at radius 3 is 2.94 bits per heavy atom. The smallest absolute Gasteiger partial charge is 0.167 e. The van der Waals surface area contributed by atoms with Gasteiger partial charge in [0, 0.05) is 18.9 Å². The topological polar surface area (TPSA) is 53.1 Å². The first-order valence-corrected chi connectivity index (χ1v) is 6.06. The molecule has 2 N–H and O–H groups in total. The second-order valence-corrected chi connectivity index (χ2v) is 4.31. The van der Waals surface area contributed by atoms with Crippen LogP contribution < -0.4 is 10.5 Å². The third-order valence-electron chi connectivity index (χ3n) is 2.75. The molecule has 1 aromatic carbocycles. The third kappa shape index (κ3) is 2.68. The number of hydrogen-bond donors (Lipinski definition) is 1. The number of hydrogen-bond acceptors (Lipinski definition) is 3. The van der Waals surface area contributed by atoms with Gasteiger partial charge in [-0.15, -0.1) is 0 Å². The summed E-state index contributed by atoms with van der Waals surface area (Å²) < 4.78 is 7.27. The third-order valence-corrected chi connectivity index (χ3v) is 2.93. The van der Waals surface area contributed by atoms with Gasteiger partial charge in [0.1, 0.15) is 10.7 Å². The van der Waals surface area contributed by atoms with Crippen LogP contribution in [-0.2, 0) is 13.0 Å². The highest BCUT2D eigenvalue weighted by atomic mass is 32.1. The molecule has 0 fully saturated rings. The summed E-state index contributed by atoms with van der Waals surface area (Å²) in [5, 5.41) is 0. The molecule has 4 nitrogen and oxygen atoms in total. The molecule has 1 heterocycles. The number of benzene rings is 1. The van der Waals surface area contributed by atoms with Crippen molar-refractivity contribution >= 4 is 17.2 Å². The van der Waals surface area contributed by atoms with Crippen LogP contribution in [0.2, 0.25) is 0 Å². The second-order valence-electron chi connectivity index (χ2n) is 3.87. The van der Waals surface area contributed by atoms with Crippen LogP contribution in [0.1, 0.15) is 11.4 Å². The van der Waals surface area contributed by atoms with Crippen molar-refractivity contribution in [3.8, 4) is 5.75 Å². The lowest BCUT2D eigenvalue weighted by Crippen LogP contribution is -2.17. The van der Waals surface area contributed by atoms with E-state index in [4.69, 9.17) is 22.7 Å². The highest BCUT2D eigenvalue weighted by molar-refractivity contribution is 7.80. The van der Waals surface area contributed by atoms with E-state index in [1.807, 2.05) is 29.0 Å². The standard InChI is InChI=1S/C13H15N3OS/c1-17-11-5-3-2-4-10(11)6-8-16-9-7-15-13(16)12(14)18/h2-5,7,9H,6,8H2,1H3,(H2,14,18). The van der Waals surface area contributed by atoms with E-state index in [0.717, 1.165) is 24.3 Å². The molecule has 0 saturated heterocycles. The Labute approximate surface area is 111 Å². The Kier molecular flexibility index (Phi) is 3.94. The number of rotatable bonds is 5. The van der Waals surface area contributed by atoms with E-state index in [1.54, 1.807) is 13.3 Å². The first kappa shape index (κ1) is 12.6. The maximum Gasteiger partial charge on any atom is 0.167 e. The van der Waals surface area contributed by atoms with Crippen LogP contribution in [0, 0.1) is 0 Å². The molecule has 0 radical (unpaired) electrons. The molecule has 0 aliphatic carbocycles. The van der Waals surface area contributed by atoms with Gasteiger partial charge in [0.05, 0.1) is 7.11 Å². The largest absolute Gasteiger partial charge is 0.496 e. The molecule has 0 aliphatic heterocycles. The van der Waals surface area contributed by atoms with Crippen molar-refractivity contribution in [3.05, 3.63) is 48.0 Å². The minimum Gasteiger partial charge on any atom is -0.496 e. The molecule has 0 unspecified atom stereocenters. The molecule has 5 heteroatoms. The Balaban J connectivity index is 2.11. The predicted octanol–water partition coefficient (Wildman–Crippen LogP) is 1.77. The molecule has 1 aromatic heterocycles. The van der Waals surface area contributed by atoms with Crippen molar-refractivity contribution in [2.45, 2.75) is 13.0 Å². The van der Waals surface area contributed by atoms with Crippen molar-refractivity contribution < 1.29 is 4.74 Å². The van der Waals surface area contributed by atoms with E-state index in [2.05, 4.69) is 11.1 Å². The fraction of sp³-hybridized carbons (Fsp3) is 0.231. The zero-order valence-corrected chi connectivity index (χ0v) is 11.0. The molecular weight excluding hydrogens is 246 g/mol. The summed E-state index contributed by atoms with van der Waals surface area (Å²) in [6.45, 7) is 0.771. The quantitative estimate of drug-likeness (QED) is 0.833. The molecule has 2 rings (SSSR count). The average Bonchev–Trinajstić information content (AvgIpc) is 2.85. The zero-order chi connectivity index (χ0) is 13.0. The van der Waals surface area contributed by atoms with Gasteiger partial charge in [-0.3, -0.25) is 0 Å². The van der Waals surface area contributed by atoms with Crippen LogP contribution in [0.3, 0.4) is 0 Å². The molecule has 0 aliphatic rings. The van der Waals surface area contributed by atoms with Crippen molar-refractivity contribution in [2.24, 2.45) is 5.73 Å². The number of para-hydroxylation sites is 1. The number of nitrogens with zero attached hydrogens (tertiary/aromatic N) is 2. The summed E-state index contributed by atoms with van der Waals surface area (Å²) in [7, 11) is 1.68. The summed E-state index contributed by atoms with van der Waals surface area (Å²) in [6, 6.07) is 7.97. The van der Waals surface area contributed by atoms with Crippen LogP contribution >= 0.6 is 12.2 Å². The van der Waals surface area contributed by atoms with Crippen molar-refractivity contribution in [1.29, 1.82) is 0 Å². The highest BCUT2D eigenvalue weighted by Crippen LogP contribution is 2.18. The monoisotopic (exact) mass is 261 g/mol. The Morgan fingerprint density at radius 1 is 1.44 bits per heavy atom. The summed E-state index contributed by atoms with van der Waals surface area (Å²) in [6.07, 6.45) is 4.43. The number of nitrogens with two attached hydrogens (primary N) is 1. The lowest BCUT2D eigenvalue weighted by atomic mass is 10.1. The summed E-state index contributed by atoms with van der Waals surface area (Å²) >= 11 is 4.95. The van der Waals surface area contributed by atoms with Crippen molar-refractivity contribution in [3.63, 3.8) is 0 Å². The number of aryl methyl sites for hydroxylation is 2. The van der Waals surface area contributed by atoms with Crippen molar-refractivity contribution in [1.82, 2.24) is 9.55 Å². The fourth-order valence-corrected chi connectivity index (χ4v) is 2.04. The predicted molar refractivity (Wildman–Crippen MR) is 74.8 cm³/mol. The highest BCUT2D eigenvalue weighted by Gasteiger charge is 2.07. The van der Waals surface area contributed by atoms with E-state index < -0.39 is 0 Å². The number of aromatic nitrogens is 2. The van der Waals surface area contributed by atoms with E-state index in [-0.39, 0.29) is 0 Å². The summed E-state index contributed by atoms with van der Waals surface area (Å²) in [4.78, 5) is 4.46. The number of methoxy groups -OCH3 is 1. The number of thiocarbonyl (C=S) groups is 1. The van der Waals surface area contributed by atoms with Gasteiger partial charge >= 0.3 is 0 Å². The Morgan fingerprint density at radius 2 is 2.22 bits per heavy atom. The molecule has 0 amide bonds. The lowest BCUT2D eigenvalue weighted by Gasteiger charge is -2.10. The van der Waals surface area contributed by atoms with Gasteiger partial charge in [0.15, 0.2) is 5.82 Å². The van der Waals surface area contributed by atoms with Gasteiger partial charge in [0.25, 0.3) is 0 Å². The van der Waals surface area contributed by atoms with Gasteiger partial charge in [-0.25, -0.2) is 4.98 Å². The summed E-state index contributed by atoms with van der Waals surface area (Å²) in [5.74, 6) is 1.55. The average molecular weight is 261 g/mol. The van der Waals surface area contributed by atoms with E-state index in [9.17, 15) is 0 Å². The molecular formula is C13H15N3OS. The molecule has 0 saturated carbocycles. The van der Waals surface area contributed by atoms with Crippen LogP contribution in [-0.4, -0.2) is 21.6 Å². The molecule has 18 heavy (non-hydrogen) atoms. The van der Waals surface area contributed by atoms with Gasteiger partial charge < -0.3 is 15.0 Å². The zero-order valence-electron chi connectivity index (χ0n) is 10.2. The Bertz CT molecular complexity index is 551. The first-order valence-electron chi connectivity index (χ1n) is 5.65. The second kappa shape index (κ2) is 5.64. The normalized spacial score (nSPS) is 10.3. The SMILES string of the molecule is COc1ccccc1CCn1ccnc1C(N)=S. The van der Waals surface area contributed by atoms with Gasteiger partial charge in [0.2, 0.25) is 0 Å². The fourth-order valence-electron chi connectivity index (χ4n) is 1.87. The Hall–Kier alpha value is -1.88. The van der Waals surface area contributed by atoms with E-state index >= 15 is 0 Å². The number of ether oxygens (including phenoxy) is 1. The maximum absolute atomic E-state index is 5.61.